The highest BCUT2D eigenvalue weighted by Gasteiger charge is 2.16. The lowest BCUT2D eigenvalue weighted by Gasteiger charge is -2.13. The van der Waals surface area contributed by atoms with Crippen LogP contribution in [0.1, 0.15) is 16.7 Å². The van der Waals surface area contributed by atoms with Crippen LogP contribution in [0.15, 0.2) is 46.0 Å². The Labute approximate surface area is 151 Å². The highest BCUT2D eigenvalue weighted by atomic mass is 32.2. The molecule has 0 fully saturated rings. The smallest absolute Gasteiger partial charge is 0.272 e. The van der Waals surface area contributed by atoms with Gasteiger partial charge in [-0.3, -0.25) is 4.72 Å². The number of nitrogens with zero attached hydrogens (tertiary/aromatic N) is 2. The molecule has 0 bridgehead atoms. The van der Waals surface area contributed by atoms with E-state index in [1.807, 2.05) is 13.8 Å². The van der Waals surface area contributed by atoms with E-state index in [2.05, 4.69) is 39.3 Å². The Morgan fingerprint density at radius 1 is 0.960 bits per heavy atom. The van der Waals surface area contributed by atoms with E-state index in [-0.39, 0.29) is 10.0 Å². The topological polar surface area (TPSA) is 84.0 Å². The number of aromatic nitrogens is 2. The Balaban J connectivity index is 1.77. The van der Waals surface area contributed by atoms with Crippen molar-refractivity contribution in [3.05, 3.63) is 58.5 Å². The normalized spacial score (nSPS) is 11.3. The molecule has 0 unspecified atom stereocenters. The van der Waals surface area contributed by atoms with Crippen molar-refractivity contribution in [3.8, 4) is 0 Å². The number of sulfonamides is 1. The van der Waals surface area contributed by atoms with Crippen LogP contribution < -0.4 is 10.0 Å². The first-order valence-corrected chi connectivity index (χ1v) is 9.96. The van der Waals surface area contributed by atoms with Gasteiger partial charge in [0.05, 0.1) is 0 Å². The van der Waals surface area contributed by atoms with E-state index in [1.54, 1.807) is 29.6 Å². The number of anilines is 3. The summed E-state index contributed by atoms with van der Waals surface area (Å²) in [6, 6.07) is 10.7. The summed E-state index contributed by atoms with van der Waals surface area (Å²) in [5.74, 6) is 0.727. The average molecular weight is 374 g/mol. The minimum Gasteiger partial charge on any atom is -0.338 e. The van der Waals surface area contributed by atoms with Crippen LogP contribution in [-0.4, -0.2) is 18.6 Å². The predicted octanol–water partition coefficient (Wildman–Crippen LogP) is 4.01. The summed E-state index contributed by atoms with van der Waals surface area (Å²) in [7, 11) is -3.61. The lowest BCUT2D eigenvalue weighted by Crippen LogP contribution is -2.13. The minimum absolute atomic E-state index is 0.177. The van der Waals surface area contributed by atoms with Crippen molar-refractivity contribution >= 4 is 38.7 Å². The van der Waals surface area contributed by atoms with E-state index < -0.39 is 10.0 Å². The van der Waals surface area contributed by atoms with Crippen LogP contribution in [0.2, 0.25) is 0 Å². The Bertz CT molecular complexity index is 959. The maximum Gasteiger partial charge on any atom is 0.272 e. The molecule has 3 rings (SSSR count). The van der Waals surface area contributed by atoms with E-state index in [1.165, 1.54) is 5.56 Å². The molecule has 0 aliphatic carbocycles. The van der Waals surface area contributed by atoms with Gasteiger partial charge in [0.1, 0.15) is 4.21 Å². The fraction of sp³-hybridized carbons (Fsp3) is 0.176. The van der Waals surface area contributed by atoms with Crippen molar-refractivity contribution in [3.63, 3.8) is 0 Å². The lowest BCUT2D eigenvalue weighted by molar-refractivity contribution is 0.603. The number of benzene rings is 1. The first kappa shape index (κ1) is 17.4. The number of thiophene rings is 1. The molecule has 3 aromatic rings. The molecule has 8 heteroatoms. The SMILES string of the molecule is Cc1cc(C)c(Nc2ccc(NS(=O)(=O)c3cccs3)nn2)c(C)c1. The number of hydrogen-bond donors (Lipinski definition) is 2. The largest absolute Gasteiger partial charge is 0.338 e. The summed E-state index contributed by atoms with van der Waals surface area (Å²) >= 11 is 1.15. The summed E-state index contributed by atoms with van der Waals surface area (Å²) in [4.78, 5) is 0. The monoisotopic (exact) mass is 374 g/mol. The van der Waals surface area contributed by atoms with E-state index in [4.69, 9.17) is 0 Å². The first-order valence-electron chi connectivity index (χ1n) is 7.60. The van der Waals surface area contributed by atoms with Crippen molar-refractivity contribution in [1.82, 2.24) is 10.2 Å². The van der Waals surface area contributed by atoms with Gasteiger partial charge in [-0.05, 0) is 55.5 Å². The van der Waals surface area contributed by atoms with Crippen LogP contribution in [0, 0.1) is 20.8 Å². The van der Waals surface area contributed by atoms with E-state index in [0.29, 0.717) is 5.82 Å². The van der Waals surface area contributed by atoms with Crippen molar-refractivity contribution < 1.29 is 8.42 Å². The Morgan fingerprint density at radius 2 is 1.60 bits per heavy atom. The summed E-state index contributed by atoms with van der Waals surface area (Å²) in [5, 5.41) is 13.0. The molecule has 0 spiro atoms. The number of hydrogen-bond acceptors (Lipinski definition) is 6. The van der Waals surface area contributed by atoms with Crippen LogP contribution in [0.3, 0.4) is 0 Å². The maximum atomic E-state index is 12.2. The molecule has 6 nitrogen and oxygen atoms in total. The van der Waals surface area contributed by atoms with E-state index >= 15 is 0 Å². The van der Waals surface area contributed by atoms with Gasteiger partial charge in [-0.2, -0.15) is 0 Å². The van der Waals surface area contributed by atoms with Crippen LogP contribution in [-0.2, 0) is 10.0 Å². The van der Waals surface area contributed by atoms with Crippen molar-refractivity contribution in [2.75, 3.05) is 10.0 Å². The van der Waals surface area contributed by atoms with Crippen molar-refractivity contribution in [2.45, 2.75) is 25.0 Å². The Hall–Kier alpha value is -2.45. The maximum absolute atomic E-state index is 12.2. The standard InChI is InChI=1S/C17H18N4O2S2/c1-11-9-12(2)17(13(3)10-11)18-14-6-7-15(20-19-14)21-25(22,23)16-5-4-8-24-16/h4-10H,1-3H3,(H,18,19)(H,20,21). The summed E-state index contributed by atoms with van der Waals surface area (Å²) in [6.45, 7) is 6.11. The molecular weight excluding hydrogens is 356 g/mol. The van der Waals surface area contributed by atoms with Gasteiger partial charge >= 0.3 is 0 Å². The minimum atomic E-state index is -3.61. The molecule has 130 valence electrons. The second-order valence-electron chi connectivity index (χ2n) is 5.74. The van der Waals surface area contributed by atoms with Crippen LogP contribution in [0.25, 0.3) is 0 Å². The van der Waals surface area contributed by atoms with E-state index in [0.717, 1.165) is 28.2 Å². The third-order valence-electron chi connectivity index (χ3n) is 3.59. The highest BCUT2D eigenvalue weighted by molar-refractivity contribution is 7.94. The fourth-order valence-electron chi connectivity index (χ4n) is 2.56. The van der Waals surface area contributed by atoms with Gasteiger partial charge in [-0.25, -0.2) is 8.42 Å². The molecule has 0 aliphatic heterocycles. The Kier molecular flexibility index (Phi) is 4.73. The zero-order valence-electron chi connectivity index (χ0n) is 14.1. The fourth-order valence-corrected chi connectivity index (χ4v) is 4.55. The van der Waals surface area contributed by atoms with Gasteiger partial charge in [0.25, 0.3) is 10.0 Å². The third-order valence-corrected chi connectivity index (χ3v) is 6.35. The molecule has 0 saturated heterocycles. The average Bonchev–Trinajstić information content (AvgIpc) is 3.07. The third kappa shape index (κ3) is 3.97. The zero-order chi connectivity index (χ0) is 18.0. The van der Waals surface area contributed by atoms with Gasteiger partial charge in [-0.15, -0.1) is 21.5 Å². The first-order chi connectivity index (χ1) is 11.8. The molecular formula is C17H18N4O2S2. The molecule has 0 aliphatic rings. The summed E-state index contributed by atoms with van der Waals surface area (Å²) in [6.07, 6.45) is 0. The highest BCUT2D eigenvalue weighted by Crippen LogP contribution is 2.25. The predicted molar refractivity (Wildman–Crippen MR) is 101 cm³/mol. The van der Waals surface area contributed by atoms with Crippen LogP contribution in [0.5, 0.6) is 0 Å². The second-order valence-corrected chi connectivity index (χ2v) is 8.60. The molecule has 25 heavy (non-hydrogen) atoms. The van der Waals surface area contributed by atoms with Gasteiger partial charge in [0, 0.05) is 5.69 Å². The molecule has 1 aromatic carbocycles. The van der Waals surface area contributed by atoms with Gasteiger partial charge in [-0.1, -0.05) is 23.8 Å². The molecule has 2 N–H and O–H groups in total. The van der Waals surface area contributed by atoms with E-state index in [9.17, 15) is 8.42 Å². The van der Waals surface area contributed by atoms with Gasteiger partial charge < -0.3 is 5.32 Å². The molecule has 0 saturated carbocycles. The molecule has 2 heterocycles. The molecule has 0 atom stereocenters. The van der Waals surface area contributed by atoms with Gasteiger partial charge in [0.15, 0.2) is 11.6 Å². The summed E-state index contributed by atoms with van der Waals surface area (Å²) < 4.78 is 27.0. The Morgan fingerprint density at radius 3 is 2.16 bits per heavy atom. The quantitative estimate of drug-likeness (QED) is 0.705. The number of aryl methyl sites for hydroxylation is 3. The van der Waals surface area contributed by atoms with Crippen molar-refractivity contribution in [1.29, 1.82) is 0 Å². The lowest BCUT2D eigenvalue weighted by atomic mass is 10.1. The molecule has 0 radical (unpaired) electrons. The van der Waals surface area contributed by atoms with Crippen LogP contribution >= 0.6 is 11.3 Å². The van der Waals surface area contributed by atoms with Crippen LogP contribution in [0.4, 0.5) is 17.3 Å². The van der Waals surface area contributed by atoms with Gasteiger partial charge in [0.2, 0.25) is 0 Å². The second kappa shape index (κ2) is 6.81. The number of nitrogens with one attached hydrogen (secondary N) is 2. The van der Waals surface area contributed by atoms with Crippen molar-refractivity contribution in [2.24, 2.45) is 0 Å². The molecule has 2 aromatic heterocycles. The molecule has 0 amide bonds. The summed E-state index contributed by atoms with van der Waals surface area (Å²) in [5.41, 5.74) is 4.40. The zero-order valence-corrected chi connectivity index (χ0v) is 15.7. The number of rotatable bonds is 5.